The molecule has 0 spiro atoms. The van der Waals surface area contributed by atoms with E-state index in [9.17, 15) is 5.11 Å². The van der Waals surface area contributed by atoms with E-state index in [2.05, 4.69) is 20.9 Å². The van der Waals surface area contributed by atoms with E-state index in [0.717, 1.165) is 24.8 Å². The number of rotatable bonds is 3. The van der Waals surface area contributed by atoms with Crippen LogP contribution in [0, 0.1) is 0 Å². The minimum Gasteiger partial charge on any atom is -0.387 e. The molecule has 0 aromatic carbocycles. The van der Waals surface area contributed by atoms with Gasteiger partial charge in [0.1, 0.15) is 0 Å². The second-order valence-corrected chi connectivity index (χ2v) is 6.43. The van der Waals surface area contributed by atoms with Gasteiger partial charge in [0.25, 0.3) is 0 Å². The molecule has 2 fully saturated rings. The van der Waals surface area contributed by atoms with Crippen molar-refractivity contribution in [1.29, 1.82) is 0 Å². The molecule has 0 saturated carbocycles. The van der Waals surface area contributed by atoms with Crippen molar-refractivity contribution in [1.82, 2.24) is 9.88 Å². The summed E-state index contributed by atoms with van der Waals surface area (Å²) < 4.78 is 0. The number of likely N-dealkylation sites (tertiary alicyclic amines) is 1. The van der Waals surface area contributed by atoms with Crippen molar-refractivity contribution < 1.29 is 5.11 Å². The van der Waals surface area contributed by atoms with Crippen LogP contribution in [0.4, 0.5) is 5.69 Å². The van der Waals surface area contributed by atoms with Crippen LogP contribution in [-0.4, -0.2) is 47.2 Å². The lowest BCUT2D eigenvalue weighted by molar-refractivity contribution is 0.141. The summed E-state index contributed by atoms with van der Waals surface area (Å²) in [4.78, 5) is 9.49. The highest BCUT2D eigenvalue weighted by molar-refractivity contribution is 5.45. The Balaban J connectivity index is 1.55. The van der Waals surface area contributed by atoms with Gasteiger partial charge in [-0.05, 0) is 57.8 Å². The van der Waals surface area contributed by atoms with Gasteiger partial charge in [-0.3, -0.25) is 4.98 Å². The first kappa shape index (κ1) is 14.8. The third-order valence-electron chi connectivity index (χ3n) is 4.94. The molecule has 21 heavy (non-hydrogen) atoms. The molecule has 4 heteroatoms. The van der Waals surface area contributed by atoms with E-state index in [1.165, 1.54) is 50.9 Å². The molecule has 0 aliphatic carbocycles. The molecule has 2 aliphatic heterocycles. The molecule has 2 saturated heterocycles. The zero-order chi connectivity index (χ0) is 14.7. The summed E-state index contributed by atoms with van der Waals surface area (Å²) in [5.41, 5.74) is 1.94. The molecule has 0 radical (unpaired) electrons. The molecular weight excluding hydrogens is 262 g/mol. The fourth-order valence-electron chi connectivity index (χ4n) is 3.60. The molecule has 3 heterocycles. The quantitative estimate of drug-likeness (QED) is 0.928. The van der Waals surface area contributed by atoms with Gasteiger partial charge in [-0.15, -0.1) is 0 Å². The van der Waals surface area contributed by atoms with Crippen molar-refractivity contribution >= 4 is 5.69 Å². The highest BCUT2D eigenvalue weighted by Crippen LogP contribution is 2.24. The second kappa shape index (κ2) is 6.75. The van der Waals surface area contributed by atoms with E-state index >= 15 is 0 Å². The first-order valence-electron chi connectivity index (χ1n) is 8.37. The van der Waals surface area contributed by atoms with Crippen LogP contribution in [-0.2, 0) is 0 Å². The average molecular weight is 289 g/mol. The number of anilines is 1. The van der Waals surface area contributed by atoms with Crippen molar-refractivity contribution in [2.75, 3.05) is 31.1 Å². The van der Waals surface area contributed by atoms with Crippen molar-refractivity contribution in [3.05, 3.63) is 24.0 Å². The molecule has 0 amide bonds. The predicted octanol–water partition coefficient (Wildman–Crippen LogP) is 2.59. The molecule has 1 atom stereocenters. The van der Waals surface area contributed by atoms with Crippen molar-refractivity contribution in [2.24, 2.45) is 0 Å². The standard InChI is InChI=1S/C17H27N3O/c1-14(21)17-6-5-16(13-18-17)20-11-7-15(8-12-20)19-9-3-2-4-10-19/h5-6,13-15,21H,2-4,7-12H2,1H3/t14-/m0/s1. The van der Waals surface area contributed by atoms with Crippen LogP contribution >= 0.6 is 0 Å². The summed E-state index contributed by atoms with van der Waals surface area (Å²) in [6.07, 6.45) is 8.12. The third kappa shape index (κ3) is 3.55. The number of aliphatic hydroxyl groups is 1. The average Bonchev–Trinajstić information content (AvgIpc) is 2.56. The van der Waals surface area contributed by atoms with E-state index in [0.29, 0.717) is 0 Å². The lowest BCUT2D eigenvalue weighted by Gasteiger charge is -2.40. The topological polar surface area (TPSA) is 39.6 Å². The number of aromatic nitrogens is 1. The Labute approximate surface area is 127 Å². The molecule has 0 unspecified atom stereocenters. The molecule has 3 rings (SSSR count). The van der Waals surface area contributed by atoms with Gasteiger partial charge in [0.2, 0.25) is 0 Å². The SMILES string of the molecule is C[C@H](O)c1ccc(N2CCC(N3CCCCC3)CC2)cn1. The number of aliphatic hydroxyl groups excluding tert-OH is 1. The van der Waals surface area contributed by atoms with Crippen LogP contribution in [0.15, 0.2) is 18.3 Å². The molecule has 1 N–H and O–H groups in total. The zero-order valence-electron chi connectivity index (χ0n) is 13.0. The van der Waals surface area contributed by atoms with Gasteiger partial charge >= 0.3 is 0 Å². The van der Waals surface area contributed by atoms with Gasteiger partial charge in [0, 0.05) is 19.1 Å². The smallest absolute Gasteiger partial charge is 0.0931 e. The van der Waals surface area contributed by atoms with Crippen molar-refractivity contribution in [2.45, 2.75) is 51.2 Å². The maximum Gasteiger partial charge on any atom is 0.0931 e. The zero-order valence-corrected chi connectivity index (χ0v) is 13.0. The lowest BCUT2D eigenvalue weighted by Crippen LogP contribution is -2.46. The second-order valence-electron chi connectivity index (χ2n) is 6.43. The van der Waals surface area contributed by atoms with Crippen LogP contribution in [0.25, 0.3) is 0 Å². The van der Waals surface area contributed by atoms with Gasteiger partial charge in [-0.1, -0.05) is 6.42 Å². The summed E-state index contributed by atoms with van der Waals surface area (Å²) >= 11 is 0. The number of hydrogen-bond donors (Lipinski definition) is 1. The van der Waals surface area contributed by atoms with Gasteiger partial charge < -0.3 is 14.9 Å². The minimum atomic E-state index is -0.483. The molecule has 1 aromatic rings. The van der Waals surface area contributed by atoms with E-state index < -0.39 is 6.10 Å². The highest BCUT2D eigenvalue weighted by atomic mass is 16.3. The number of piperidine rings is 2. The van der Waals surface area contributed by atoms with Crippen LogP contribution in [0.1, 0.15) is 50.8 Å². The van der Waals surface area contributed by atoms with Gasteiger partial charge in [0.05, 0.1) is 23.7 Å². The van der Waals surface area contributed by atoms with E-state index in [1.807, 2.05) is 12.3 Å². The lowest BCUT2D eigenvalue weighted by atomic mass is 9.99. The maximum atomic E-state index is 9.52. The summed E-state index contributed by atoms with van der Waals surface area (Å²) in [6.45, 7) is 6.60. The van der Waals surface area contributed by atoms with E-state index in [-0.39, 0.29) is 0 Å². The maximum absolute atomic E-state index is 9.52. The van der Waals surface area contributed by atoms with E-state index in [1.54, 1.807) is 6.92 Å². The summed E-state index contributed by atoms with van der Waals surface area (Å²) in [6, 6.07) is 4.82. The van der Waals surface area contributed by atoms with Crippen molar-refractivity contribution in [3.8, 4) is 0 Å². The van der Waals surface area contributed by atoms with Gasteiger partial charge in [0.15, 0.2) is 0 Å². The monoisotopic (exact) mass is 289 g/mol. The Kier molecular flexibility index (Phi) is 4.76. The Morgan fingerprint density at radius 3 is 2.38 bits per heavy atom. The van der Waals surface area contributed by atoms with Crippen LogP contribution in [0.2, 0.25) is 0 Å². The molecule has 1 aromatic heterocycles. The normalized spacial score (nSPS) is 23.2. The summed E-state index contributed by atoms with van der Waals surface area (Å²) in [5, 5.41) is 9.52. The number of pyridine rings is 1. The minimum absolute atomic E-state index is 0.483. The molecule has 0 bridgehead atoms. The molecule has 116 valence electrons. The van der Waals surface area contributed by atoms with Gasteiger partial charge in [-0.25, -0.2) is 0 Å². The van der Waals surface area contributed by atoms with Gasteiger partial charge in [-0.2, -0.15) is 0 Å². The summed E-state index contributed by atoms with van der Waals surface area (Å²) in [7, 11) is 0. The van der Waals surface area contributed by atoms with Crippen LogP contribution < -0.4 is 4.90 Å². The Morgan fingerprint density at radius 1 is 1.10 bits per heavy atom. The summed E-state index contributed by atoms with van der Waals surface area (Å²) in [5.74, 6) is 0. The number of nitrogens with zero attached hydrogens (tertiary/aromatic N) is 3. The largest absolute Gasteiger partial charge is 0.387 e. The third-order valence-corrected chi connectivity index (χ3v) is 4.94. The first-order valence-corrected chi connectivity index (χ1v) is 8.37. The van der Waals surface area contributed by atoms with Crippen molar-refractivity contribution in [3.63, 3.8) is 0 Å². The van der Waals surface area contributed by atoms with Crippen LogP contribution in [0.3, 0.4) is 0 Å². The molecular formula is C17H27N3O. The molecule has 2 aliphatic rings. The first-order chi connectivity index (χ1) is 10.2. The number of hydrogen-bond acceptors (Lipinski definition) is 4. The predicted molar refractivity (Wildman–Crippen MR) is 85.5 cm³/mol. The Hall–Kier alpha value is -1.13. The fraction of sp³-hybridized carbons (Fsp3) is 0.706. The van der Waals surface area contributed by atoms with E-state index in [4.69, 9.17) is 0 Å². The fourth-order valence-corrected chi connectivity index (χ4v) is 3.60. The Bertz CT molecular complexity index is 432. The highest BCUT2D eigenvalue weighted by Gasteiger charge is 2.25. The molecule has 4 nitrogen and oxygen atoms in total. The Morgan fingerprint density at radius 2 is 1.81 bits per heavy atom. The van der Waals surface area contributed by atoms with Crippen LogP contribution in [0.5, 0.6) is 0 Å².